The SMILES string of the molecule is Nc1ccncc1OC(F)(F)F. The zero-order valence-corrected chi connectivity index (χ0v) is 5.80. The van der Waals surface area contributed by atoms with Crippen molar-refractivity contribution in [1.82, 2.24) is 4.98 Å². The molecule has 0 unspecified atom stereocenters. The van der Waals surface area contributed by atoms with Crippen molar-refractivity contribution >= 4 is 5.69 Å². The normalized spacial score (nSPS) is 11.2. The predicted octanol–water partition coefficient (Wildman–Crippen LogP) is 1.56. The highest BCUT2D eigenvalue weighted by atomic mass is 19.4. The van der Waals surface area contributed by atoms with E-state index >= 15 is 0 Å². The lowest BCUT2D eigenvalue weighted by Gasteiger charge is -2.09. The van der Waals surface area contributed by atoms with Gasteiger partial charge >= 0.3 is 6.36 Å². The van der Waals surface area contributed by atoms with E-state index in [-0.39, 0.29) is 5.69 Å². The number of nitrogens with two attached hydrogens (primary N) is 1. The maximum Gasteiger partial charge on any atom is 0.573 e. The third-order valence-corrected chi connectivity index (χ3v) is 1.04. The van der Waals surface area contributed by atoms with Crippen molar-refractivity contribution in [1.29, 1.82) is 0 Å². The number of pyridine rings is 1. The predicted molar refractivity (Wildman–Crippen MR) is 35.3 cm³/mol. The standard InChI is InChI=1S/C6H5F3N2O/c7-6(8,9)12-5-3-11-2-1-4(5)10/h1-3H,(H2,10,11). The summed E-state index contributed by atoms with van der Waals surface area (Å²) in [6, 6.07) is 1.22. The molecule has 0 atom stereocenters. The van der Waals surface area contributed by atoms with Crippen LogP contribution >= 0.6 is 0 Å². The highest BCUT2D eigenvalue weighted by Gasteiger charge is 2.31. The van der Waals surface area contributed by atoms with Crippen LogP contribution in [0.15, 0.2) is 18.5 Å². The van der Waals surface area contributed by atoms with Crippen molar-refractivity contribution in [3.63, 3.8) is 0 Å². The summed E-state index contributed by atoms with van der Waals surface area (Å²) in [4.78, 5) is 3.42. The van der Waals surface area contributed by atoms with Gasteiger partial charge in [0.15, 0.2) is 5.75 Å². The van der Waals surface area contributed by atoms with Gasteiger partial charge in [0, 0.05) is 6.20 Å². The van der Waals surface area contributed by atoms with Crippen LogP contribution in [-0.4, -0.2) is 11.3 Å². The van der Waals surface area contributed by atoms with Crippen molar-refractivity contribution in [3.8, 4) is 5.75 Å². The Bertz CT molecular complexity index is 274. The summed E-state index contributed by atoms with van der Waals surface area (Å²) < 4.78 is 38.4. The van der Waals surface area contributed by atoms with E-state index in [0.29, 0.717) is 0 Å². The molecule has 0 fully saturated rings. The Kier molecular flexibility index (Phi) is 2.07. The van der Waals surface area contributed by atoms with Crippen LogP contribution < -0.4 is 10.5 Å². The molecular weight excluding hydrogens is 173 g/mol. The van der Waals surface area contributed by atoms with Gasteiger partial charge in [-0.05, 0) is 6.07 Å². The van der Waals surface area contributed by atoms with Gasteiger partial charge in [-0.3, -0.25) is 4.98 Å². The van der Waals surface area contributed by atoms with Crippen molar-refractivity contribution in [2.24, 2.45) is 0 Å². The largest absolute Gasteiger partial charge is 0.573 e. The first-order chi connectivity index (χ1) is 5.49. The van der Waals surface area contributed by atoms with Crippen LogP contribution in [0.3, 0.4) is 0 Å². The molecule has 0 aromatic carbocycles. The van der Waals surface area contributed by atoms with Crippen LogP contribution in [-0.2, 0) is 0 Å². The van der Waals surface area contributed by atoms with Crippen molar-refractivity contribution in [3.05, 3.63) is 18.5 Å². The lowest BCUT2D eigenvalue weighted by atomic mass is 10.4. The van der Waals surface area contributed by atoms with Crippen LogP contribution in [0.5, 0.6) is 5.75 Å². The molecule has 3 nitrogen and oxygen atoms in total. The highest BCUT2D eigenvalue weighted by molar-refractivity contribution is 5.49. The minimum atomic E-state index is -4.73. The number of ether oxygens (including phenoxy) is 1. The summed E-state index contributed by atoms with van der Waals surface area (Å²) in [7, 11) is 0. The van der Waals surface area contributed by atoms with E-state index in [9.17, 15) is 13.2 Å². The molecule has 6 heteroatoms. The number of rotatable bonds is 1. The molecule has 1 aromatic heterocycles. The zero-order chi connectivity index (χ0) is 9.19. The average molecular weight is 178 g/mol. The Morgan fingerprint density at radius 3 is 2.58 bits per heavy atom. The Hall–Kier alpha value is -1.46. The van der Waals surface area contributed by atoms with Gasteiger partial charge in [-0.2, -0.15) is 0 Å². The summed E-state index contributed by atoms with van der Waals surface area (Å²) in [5, 5.41) is 0. The summed E-state index contributed by atoms with van der Waals surface area (Å²) in [5.41, 5.74) is 5.07. The monoisotopic (exact) mass is 178 g/mol. The van der Waals surface area contributed by atoms with Gasteiger partial charge in [-0.15, -0.1) is 13.2 Å². The zero-order valence-electron chi connectivity index (χ0n) is 5.80. The van der Waals surface area contributed by atoms with Crippen LogP contribution in [0.2, 0.25) is 0 Å². The average Bonchev–Trinajstić information content (AvgIpc) is 1.91. The number of hydrogen-bond donors (Lipinski definition) is 1. The lowest BCUT2D eigenvalue weighted by Crippen LogP contribution is -2.18. The van der Waals surface area contributed by atoms with E-state index < -0.39 is 12.1 Å². The first-order valence-corrected chi connectivity index (χ1v) is 2.94. The van der Waals surface area contributed by atoms with Crippen LogP contribution in [0.4, 0.5) is 18.9 Å². The molecule has 1 heterocycles. The Labute approximate surface area is 66.0 Å². The number of hydrogen-bond acceptors (Lipinski definition) is 3. The molecule has 0 radical (unpaired) electrons. The first kappa shape index (κ1) is 8.63. The molecule has 0 aliphatic carbocycles. The molecule has 12 heavy (non-hydrogen) atoms. The topological polar surface area (TPSA) is 48.1 Å². The lowest BCUT2D eigenvalue weighted by molar-refractivity contribution is -0.274. The van der Waals surface area contributed by atoms with E-state index in [1.807, 2.05) is 0 Å². The molecule has 0 saturated heterocycles. The fourth-order valence-electron chi connectivity index (χ4n) is 0.601. The van der Waals surface area contributed by atoms with Gasteiger partial charge in [-0.25, -0.2) is 0 Å². The molecule has 1 aromatic rings. The quantitative estimate of drug-likeness (QED) is 0.709. The number of aromatic nitrogens is 1. The smallest absolute Gasteiger partial charge is 0.402 e. The van der Waals surface area contributed by atoms with Gasteiger partial charge in [0.25, 0.3) is 0 Å². The molecule has 0 bridgehead atoms. The Balaban J connectivity index is 2.83. The molecular formula is C6H5F3N2O. The number of alkyl halides is 3. The number of halogens is 3. The van der Waals surface area contributed by atoms with Gasteiger partial charge in [0.2, 0.25) is 0 Å². The van der Waals surface area contributed by atoms with Crippen molar-refractivity contribution in [2.45, 2.75) is 6.36 Å². The summed E-state index contributed by atoms with van der Waals surface area (Å²) in [6.07, 6.45) is -2.54. The Morgan fingerprint density at radius 1 is 1.42 bits per heavy atom. The van der Waals surface area contributed by atoms with Gasteiger partial charge in [0.05, 0.1) is 11.9 Å². The molecule has 2 N–H and O–H groups in total. The number of nitrogens with zero attached hydrogens (tertiary/aromatic N) is 1. The second-order valence-electron chi connectivity index (χ2n) is 1.96. The number of nitrogen functional groups attached to an aromatic ring is 1. The molecule has 0 spiro atoms. The summed E-state index contributed by atoms with van der Waals surface area (Å²) in [6.45, 7) is 0. The molecule has 1 rings (SSSR count). The molecule has 0 aliphatic heterocycles. The van der Waals surface area contributed by atoms with Crippen LogP contribution in [0, 0.1) is 0 Å². The first-order valence-electron chi connectivity index (χ1n) is 2.94. The molecule has 0 saturated carbocycles. The van der Waals surface area contributed by atoms with Gasteiger partial charge < -0.3 is 10.5 Å². The minimum Gasteiger partial charge on any atom is -0.402 e. The summed E-state index contributed by atoms with van der Waals surface area (Å²) in [5.74, 6) is -0.481. The van der Waals surface area contributed by atoms with E-state index in [4.69, 9.17) is 5.73 Å². The molecule has 66 valence electrons. The van der Waals surface area contributed by atoms with E-state index in [2.05, 4.69) is 9.72 Å². The third kappa shape index (κ3) is 2.30. The molecule has 0 aliphatic rings. The molecule has 0 amide bonds. The van der Waals surface area contributed by atoms with E-state index in [1.54, 1.807) is 0 Å². The van der Waals surface area contributed by atoms with Gasteiger partial charge in [0.1, 0.15) is 0 Å². The second-order valence-corrected chi connectivity index (χ2v) is 1.96. The third-order valence-electron chi connectivity index (χ3n) is 1.04. The highest BCUT2D eigenvalue weighted by Crippen LogP contribution is 2.26. The van der Waals surface area contributed by atoms with E-state index in [0.717, 1.165) is 6.20 Å². The maximum absolute atomic E-state index is 11.6. The maximum atomic E-state index is 11.6. The minimum absolute atomic E-state index is 0.0951. The van der Waals surface area contributed by atoms with Crippen molar-refractivity contribution in [2.75, 3.05) is 5.73 Å². The Morgan fingerprint density at radius 2 is 2.08 bits per heavy atom. The van der Waals surface area contributed by atoms with E-state index in [1.165, 1.54) is 12.3 Å². The number of anilines is 1. The fourth-order valence-corrected chi connectivity index (χ4v) is 0.601. The summed E-state index contributed by atoms with van der Waals surface area (Å²) >= 11 is 0. The fraction of sp³-hybridized carbons (Fsp3) is 0.167. The second kappa shape index (κ2) is 2.88. The van der Waals surface area contributed by atoms with Crippen LogP contribution in [0.25, 0.3) is 0 Å². The van der Waals surface area contributed by atoms with Crippen LogP contribution in [0.1, 0.15) is 0 Å². The van der Waals surface area contributed by atoms with Gasteiger partial charge in [-0.1, -0.05) is 0 Å². The van der Waals surface area contributed by atoms with Crippen molar-refractivity contribution < 1.29 is 17.9 Å².